The van der Waals surface area contributed by atoms with Crippen LogP contribution in [0.4, 0.5) is 0 Å². The van der Waals surface area contributed by atoms with Crippen LogP contribution in [0, 0.1) is 13.8 Å². The molecule has 0 amide bonds. The van der Waals surface area contributed by atoms with E-state index >= 15 is 0 Å². The molecule has 0 aliphatic heterocycles. The molecule has 0 aliphatic carbocycles. The van der Waals surface area contributed by atoms with Crippen molar-refractivity contribution in [1.82, 2.24) is 9.13 Å². The number of aliphatic carboxylic acids is 2. The van der Waals surface area contributed by atoms with Crippen molar-refractivity contribution in [2.24, 2.45) is 11.5 Å². The molecule has 12 nitrogen and oxygen atoms in total. The Kier molecular flexibility index (Phi) is 19.2. The fourth-order valence-corrected chi connectivity index (χ4v) is 3.65. The summed E-state index contributed by atoms with van der Waals surface area (Å²) in [7, 11) is 0. The molecule has 8 N–H and O–H groups in total. The van der Waals surface area contributed by atoms with Crippen LogP contribution < -0.4 is 22.3 Å². The lowest BCUT2D eigenvalue weighted by Gasteiger charge is -2.11. The van der Waals surface area contributed by atoms with Crippen LogP contribution in [0.2, 0.25) is 0 Å². The van der Waals surface area contributed by atoms with Crippen molar-refractivity contribution in [3.05, 3.63) is 56.4 Å². The van der Waals surface area contributed by atoms with Crippen molar-refractivity contribution in [3.8, 4) is 11.5 Å². The molecular formula is C23H39ClN4O8S2. The Morgan fingerprint density at radius 1 is 0.974 bits per heavy atom. The fourth-order valence-electron chi connectivity index (χ4n) is 2.42. The van der Waals surface area contributed by atoms with E-state index < -0.39 is 29.5 Å². The minimum atomic E-state index is -1.01. The number of rotatable bonds is 10. The van der Waals surface area contributed by atoms with Crippen molar-refractivity contribution >= 4 is 47.9 Å². The average molecular weight is 599 g/mol. The summed E-state index contributed by atoms with van der Waals surface area (Å²) in [6.45, 7) is 4.52. The fraction of sp³-hybridized carbons (Fsp3) is 0.478. The number of nitrogens with two attached hydrogens (primary N) is 2. The third-order valence-corrected chi connectivity index (χ3v) is 6.38. The summed E-state index contributed by atoms with van der Waals surface area (Å²) in [6, 6.07) is 0.951. The summed E-state index contributed by atoms with van der Waals surface area (Å²) in [5.41, 5.74) is 10.6. The highest BCUT2D eigenvalue weighted by atomic mass is 35.5. The van der Waals surface area contributed by atoms with Gasteiger partial charge in [0.05, 0.1) is 11.4 Å². The number of thioether (sulfide) groups is 1. The van der Waals surface area contributed by atoms with E-state index in [0.29, 0.717) is 41.9 Å². The Morgan fingerprint density at radius 3 is 1.74 bits per heavy atom. The molecule has 0 spiro atoms. The number of carboxylic acid groups (broad SMARTS) is 2. The molecule has 2 aromatic heterocycles. The Hall–Kier alpha value is -2.65. The van der Waals surface area contributed by atoms with Crippen molar-refractivity contribution in [2.45, 2.75) is 46.4 Å². The van der Waals surface area contributed by atoms with E-state index in [4.69, 9.17) is 33.3 Å². The van der Waals surface area contributed by atoms with Gasteiger partial charge >= 0.3 is 11.9 Å². The van der Waals surface area contributed by atoms with Crippen LogP contribution >= 0.6 is 36.0 Å². The molecule has 218 valence electrons. The number of hydrogen-bond donors (Lipinski definition) is 7. The molecule has 2 aromatic rings. The number of thiol groups is 1. The zero-order valence-electron chi connectivity index (χ0n) is 20.4. The van der Waals surface area contributed by atoms with E-state index in [2.05, 4.69) is 12.6 Å². The third kappa shape index (κ3) is 13.2. The molecule has 2 rings (SSSR count). The van der Waals surface area contributed by atoms with Crippen LogP contribution in [0.3, 0.4) is 0 Å². The Balaban J connectivity index is -0.000000536. The predicted molar refractivity (Wildman–Crippen MR) is 156 cm³/mol. The summed E-state index contributed by atoms with van der Waals surface area (Å²) in [5, 5.41) is 35.3. The van der Waals surface area contributed by atoms with Gasteiger partial charge in [-0.1, -0.05) is 7.43 Å². The summed E-state index contributed by atoms with van der Waals surface area (Å²) in [5.74, 6) is -0.814. The van der Waals surface area contributed by atoms with Gasteiger partial charge in [-0.15, -0.1) is 11.6 Å². The molecule has 0 unspecified atom stereocenters. The number of aryl methyl sites for hydroxylation is 2. The lowest BCUT2D eigenvalue weighted by Crippen LogP contribution is -2.32. The SMILES string of the molecule is C.Cc1c(O)c(=O)ccn1CCCl.Cc1c(O)c(=O)ccn1CCSC[C@@H](N)C(=O)O.N[C@H](CS)C(=O)O.[HH]. The Labute approximate surface area is 237 Å². The highest BCUT2D eigenvalue weighted by molar-refractivity contribution is 7.99. The average Bonchev–Trinajstić information content (AvgIpc) is 2.86. The second-order valence-electron chi connectivity index (χ2n) is 7.45. The Bertz CT molecular complexity index is 1150. The van der Waals surface area contributed by atoms with Crippen LogP contribution in [0.1, 0.15) is 20.2 Å². The van der Waals surface area contributed by atoms with Gasteiger partial charge in [-0.25, -0.2) is 0 Å². The van der Waals surface area contributed by atoms with E-state index in [1.807, 2.05) is 0 Å². The van der Waals surface area contributed by atoms with Gasteiger partial charge in [0.1, 0.15) is 12.1 Å². The summed E-state index contributed by atoms with van der Waals surface area (Å²) in [6.07, 6.45) is 3.23. The molecular weight excluding hydrogens is 560 g/mol. The van der Waals surface area contributed by atoms with Gasteiger partial charge in [-0.2, -0.15) is 24.4 Å². The maximum absolute atomic E-state index is 11.1. The molecule has 0 saturated heterocycles. The van der Waals surface area contributed by atoms with Gasteiger partial charge in [-0.05, 0) is 13.8 Å². The summed E-state index contributed by atoms with van der Waals surface area (Å²) >= 11 is 10.6. The zero-order valence-corrected chi connectivity index (χ0v) is 22.9. The number of nitrogens with zero attached hydrogens (tertiary/aromatic N) is 2. The normalized spacial score (nSPS) is 11.5. The van der Waals surface area contributed by atoms with Gasteiger partial charge in [0.25, 0.3) is 0 Å². The van der Waals surface area contributed by atoms with Crippen molar-refractivity contribution < 1.29 is 31.4 Å². The van der Waals surface area contributed by atoms with E-state index in [1.54, 1.807) is 35.4 Å². The number of hydrogen-bond acceptors (Lipinski definition) is 10. The smallest absolute Gasteiger partial charge is 0.321 e. The van der Waals surface area contributed by atoms with E-state index in [-0.39, 0.29) is 31.5 Å². The monoisotopic (exact) mass is 598 g/mol. The molecule has 0 aromatic carbocycles. The summed E-state index contributed by atoms with van der Waals surface area (Å²) in [4.78, 5) is 42.3. The molecule has 0 radical (unpaired) electrons. The van der Waals surface area contributed by atoms with Gasteiger partial charge < -0.3 is 41.0 Å². The lowest BCUT2D eigenvalue weighted by atomic mass is 10.3. The standard InChI is InChI=1S/C11H16N2O4S.C8H10ClNO2.C3H7NO2S.CH4.H2/c1-7-10(15)9(14)2-3-13(7)4-5-18-6-8(12)11(16)17;1-6-8(12)7(11)2-4-10(6)5-3-9;4-2(1-7)3(5)6;;/h2-3,8,15H,4-6,12H2,1H3,(H,16,17);2,4,12H,3,5H2,1H3;2,7H,1,4H2,(H,5,6);1H4;1H/t8-;;2-;;/m1.1../s1. The highest BCUT2D eigenvalue weighted by Crippen LogP contribution is 2.11. The highest BCUT2D eigenvalue weighted by Gasteiger charge is 2.11. The van der Waals surface area contributed by atoms with Gasteiger partial charge in [0.15, 0.2) is 11.5 Å². The minimum Gasteiger partial charge on any atom is -0.503 e. The van der Waals surface area contributed by atoms with E-state index in [9.17, 15) is 29.4 Å². The molecule has 2 atom stereocenters. The number of pyridine rings is 2. The van der Waals surface area contributed by atoms with Crippen LogP contribution in [-0.4, -0.2) is 76.7 Å². The number of aromatic nitrogens is 2. The zero-order chi connectivity index (χ0) is 28.7. The number of alkyl halides is 1. The molecule has 15 heteroatoms. The first kappa shape index (κ1) is 37.5. The minimum absolute atomic E-state index is 0. The number of aromatic hydroxyl groups is 2. The quantitative estimate of drug-likeness (QED) is 0.118. The van der Waals surface area contributed by atoms with Crippen LogP contribution in [0.25, 0.3) is 0 Å². The third-order valence-electron chi connectivity index (χ3n) is 4.76. The first-order valence-corrected chi connectivity index (χ1v) is 13.1. The van der Waals surface area contributed by atoms with Crippen LogP contribution in [-0.2, 0) is 22.7 Å². The first-order valence-electron chi connectivity index (χ1n) is 10.8. The lowest BCUT2D eigenvalue weighted by molar-refractivity contribution is -0.138. The predicted octanol–water partition coefficient (Wildman–Crippen LogP) is 1.32. The van der Waals surface area contributed by atoms with E-state index in [1.165, 1.54) is 23.9 Å². The largest absolute Gasteiger partial charge is 0.503 e. The maximum Gasteiger partial charge on any atom is 0.321 e. The maximum atomic E-state index is 11.1. The molecule has 38 heavy (non-hydrogen) atoms. The van der Waals surface area contributed by atoms with Crippen LogP contribution in [0.5, 0.6) is 11.5 Å². The number of carboxylic acids is 2. The second-order valence-corrected chi connectivity index (χ2v) is 9.34. The molecule has 0 fully saturated rings. The second kappa shape index (κ2) is 19.4. The van der Waals surface area contributed by atoms with Crippen molar-refractivity contribution in [1.29, 1.82) is 0 Å². The number of halogens is 1. The molecule has 0 aliphatic rings. The van der Waals surface area contributed by atoms with Crippen LogP contribution in [0.15, 0.2) is 34.1 Å². The van der Waals surface area contributed by atoms with Gasteiger partial charge in [0.2, 0.25) is 10.9 Å². The topological polar surface area (TPSA) is 211 Å². The van der Waals surface area contributed by atoms with E-state index in [0.717, 1.165) is 0 Å². The van der Waals surface area contributed by atoms with Gasteiger partial charge in [-0.3, -0.25) is 19.2 Å². The summed E-state index contributed by atoms with van der Waals surface area (Å²) < 4.78 is 3.49. The molecule has 0 saturated carbocycles. The first-order chi connectivity index (χ1) is 17.3. The molecule has 2 heterocycles. The van der Waals surface area contributed by atoms with Crippen molar-refractivity contribution in [2.75, 3.05) is 23.1 Å². The van der Waals surface area contributed by atoms with Gasteiger partial charge in [0, 0.05) is 62.2 Å². The van der Waals surface area contributed by atoms with Crippen molar-refractivity contribution in [3.63, 3.8) is 0 Å². The molecule has 0 bridgehead atoms. The Morgan fingerprint density at radius 2 is 1.39 bits per heavy atom. The number of carbonyl (C=O) groups is 2.